The molecule has 0 spiro atoms. The zero-order valence-corrected chi connectivity index (χ0v) is 11.2. The molecule has 0 saturated heterocycles. The fourth-order valence-electron chi connectivity index (χ4n) is 1.72. The van der Waals surface area contributed by atoms with E-state index in [-0.39, 0.29) is 6.61 Å². The van der Waals surface area contributed by atoms with Crippen LogP contribution in [0, 0.1) is 0 Å². The van der Waals surface area contributed by atoms with Crippen molar-refractivity contribution in [2.45, 2.75) is 32.9 Å². The molecule has 0 bridgehead atoms. The number of aliphatic hydroxyl groups excluding tert-OH is 1. The number of hydrogen-bond acceptors (Lipinski definition) is 3. The standard InChI is InChI=1S/C13H21ClN2O/c1-10(2)16(6-3-7-17)9-11-4-5-12(14)13(15)8-11/h4-5,8,10,17H,3,6-7,9,15H2,1-2H3. The summed E-state index contributed by atoms with van der Waals surface area (Å²) in [4.78, 5) is 2.30. The largest absolute Gasteiger partial charge is 0.398 e. The maximum Gasteiger partial charge on any atom is 0.0635 e. The second-order valence-corrected chi connectivity index (χ2v) is 4.90. The van der Waals surface area contributed by atoms with Crippen LogP contribution in [0.3, 0.4) is 0 Å². The van der Waals surface area contributed by atoms with Crippen molar-refractivity contribution in [3.63, 3.8) is 0 Å². The van der Waals surface area contributed by atoms with Crippen molar-refractivity contribution in [3.8, 4) is 0 Å². The minimum absolute atomic E-state index is 0.228. The molecule has 0 atom stereocenters. The van der Waals surface area contributed by atoms with Crippen molar-refractivity contribution in [3.05, 3.63) is 28.8 Å². The molecule has 4 heteroatoms. The number of halogens is 1. The Bertz CT molecular complexity index is 355. The number of rotatable bonds is 6. The van der Waals surface area contributed by atoms with E-state index in [2.05, 4.69) is 18.7 Å². The molecule has 0 unspecified atom stereocenters. The summed E-state index contributed by atoms with van der Waals surface area (Å²) in [6.07, 6.45) is 0.793. The molecular formula is C13H21ClN2O. The molecule has 0 heterocycles. The molecule has 3 nitrogen and oxygen atoms in total. The molecule has 3 N–H and O–H groups in total. The molecule has 0 aromatic heterocycles. The maximum atomic E-state index is 8.88. The van der Waals surface area contributed by atoms with Crippen LogP contribution in [0.4, 0.5) is 5.69 Å². The Kier molecular flexibility index (Phi) is 5.75. The van der Waals surface area contributed by atoms with Gasteiger partial charge in [-0.3, -0.25) is 4.90 Å². The number of anilines is 1. The zero-order chi connectivity index (χ0) is 12.8. The molecule has 0 aliphatic carbocycles. The lowest BCUT2D eigenvalue weighted by Gasteiger charge is -2.26. The molecule has 0 aliphatic heterocycles. The van der Waals surface area contributed by atoms with E-state index in [0.717, 1.165) is 25.1 Å². The summed E-state index contributed by atoms with van der Waals surface area (Å²) in [5.41, 5.74) is 7.55. The van der Waals surface area contributed by atoms with Crippen LogP contribution in [0.15, 0.2) is 18.2 Å². The van der Waals surface area contributed by atoms with E-state index >= 15 is 0 Å². The monoisotopic (exact) mass is 256 g/mol. The summed E-state index contributed by atoms with van der Waals surface area (Å²) >= 11 is 5.89. The van der Waals surface area contributed by atoms with Crippen molar-refractivity contribution < 1.29 is 5.11 Å². The fourth-order valence-corrected chi connectivity index (χ4v) is 1.84. The topological polar surface area (TPSA) is 49.5 Å². The predicted molar refractivity (Wildman–Crippen MR) is 73.1 cm³/mol. The summed E-state index contributed by atoms with van der Waals surface area (Å²) in [7, 11) is 0. The zero-order valence-electron chi connectivity index (χ0n) is 10.5. The Hall–Kier alpha value is -0.770. The third-order valence-electron chi connectivity index (χ3n) is 2.78. The van der Waals surface area contributed by atoms with Crippen molar-refractivity contribution in [1.29, 1.82) is 0 Å². The van der Waals surface area contributed by atoms with E-state index in [9.17, 15) is 0 Å². The minimum Gasteiger partial charge on any atom is -0.398 e. The average Bonchev–Trinajstić information content (AvgIpc) is 2.28. The number of nitrogens with zero attached hydrogens (tertiary/aromatic N) is 1. The van der Waals surface area contributed by atoms with Gasteiger partial charge in [0.05, 0.1) is 10.7 Å². The molecule has 17 heavy (non-hydrogen) atoms. The maximum absolute atomic E-state index is 8.88. The van der Waals surface area contributed by atoms with E-state index < -0.39 is 0 Å². The van der Waals surface area contributed by atoms with Crippen molar-refractivity contribution in [1.82, 2.24) is 4.90 Å². The molecule has 0 fully saturated rings. The van der Waals surface area contributed by atoms with E-state index in [1.165, 1.54) is 0 Å². The van der Waals surface area contributed by atoms with Crippen molar-refractivity contribution in [2.24, 2.45) is 0 Å². The summed E-state index contributed by atoms with van der Waals surface area (Å²) < 4.78 is 0. The molecule has 96 valence electrons. The van der Waals surface area contributed by atoms with Gasteiger partial charge in [0.1, 0.15) is 0 Å². The van der Waals surface area contributed by atoms with E-state index in [1.807, 2.05) is 18.2 Å². The van der Waals surface area contributed by atoms with Gasteiger partial charge >= 0.3 is 0 Å². The Morgan fingerprint density at radius 2 is 2.12 bits per heavy atom. The van der Waals surface area contributed by atoms with Gasteiger partial charge in [0.25, 0.3) is 0 Å². The first-order chi connectivity index (χ1) is 8.04. The second kappa shape index (κ2) is 6.84. The van der Waals surface area contributed by atoms with Crippen molar-refractivity contribution >= 4 is 17.3 Å². The average molecular weight is 257 g/mol. The smallest absolute Gasteiger partial charge is 0.0635 e. The number of nitrogens with two attached hydrogens (primary N) is 1. The molecule has 0 amide bonds. The van der Waals surface area contributed by atoms with Crippen LogP contribution in [0.5, 0.6) is 0 Å². The lowest BCUT2D eigenvalue weighted by Crippen LogP contribution is -2.31. The number of benzene rings is 1. The highest BCUT2D eigenvalue weighted by molar-refractivity contribution is 6.33. The number of aliphatic hydroxyl groups is 1. The predicted octanol–water partition coefficient (Wildman–Crippen LogP) is 2.51. The lowest BCUT2D eigenvalue weighted by atomic mass is 10.1. The third kappa shape index (κ3) is 4.54. The van der Waals surface area contributed by atoms with E-state index in [0.29, 0.717) is 16.8 Å². The highest BCUT2D eigenvalue weighted by Gasteiger charge is 2.10. The normalized spacial score (nSPS) is 11.4. The molecule has 0 saturated carbocycles. The first-order valence-corrected chi connectivity index (χ1v) is 6.31. The third-order valence-corrected chi connectivity index (χ3v) is 3.12. The fraction of sp³-hybridized carbons (Fsp3) is 0.538. The van der Waals surface area contributed by atoms with Gasteiger partial charge in [-0.25, -0.2) is 0 Å². The Labute approximate surface area is 108 Å². The highest BCUT2D eigenvalue weighted by atomic mass is 35.5. The van der Waals surface area contributed by atoms with Crippen LogP contribution in [0.2, 0.25) is 5.02 Å². The quantitative estimate of drug-likeness (QED) is 0.769. The molecule has 0 radical (unpaired) electrons. The van der Waals surface area contributed by atoms with Gasteiger partial charge in [0.2, 0.25) is 0 Å². The summed E-state index contributed by atoms with van der Waals surface area (Å²) in [6.45, 7) is 6.25. The second-order valence-electron chi connectivity index (χ2n) is 4.50. The van der Waals surface area contributed by atoms with Crippen LogP contribution >= 0.6 is 11.6 Å². The Morgan fingerprint density at radius 3 is 2.65 bits per heavy atom. The van der Waals surface area contributed by atoms with Crippen LogP contribution in [0.1, 0.15) is 25.8 Å². The molecular weight excluding hydrogens is 236 g/mol. The van der Waals surface area contributed by atoms with E-state index in [4.69, 9.17) is 22.4 Å². The SMILES string of the molecule is CC(C)N(CCCO)Cc1ccc(Cl)c(N)c1. The number of nitrogen functional groups attached to an aromatic ring is 1. The molecule has 1 aromatic carbocycles. The van der Waals surface area contributed by atoms with Gasteiger partial charge in [-0.1, -0.05) is 17.7 Å². The first-order valence-electron chi connectivity index (χ1n) is 5.93. The van der Waals surface area contributed by atoms with Gasteiger partial charge in [-0.2, -0.15) is 0 Å². The van der Waals surface area contributed by atoms with Crippen LogP contribution in [0.25, 0.3) is 0 Å². The van der Waals surface area contributed by atoms with E-state index in [1.54, 1.807) is 0 Å². The summed E-state index contributed by atoms with van der Waals surface area (Å²) in [5, 5.41) is 9.48. The van der Waals surface area contributed by atoms with Gasteiger partial charge in [0, 0.05) is 25.7 Å². The minimum atomic E-state index is 0.228. The number of hydrogen-bond donors (Lipinski definition) is 2. The molecule has 1 rings (SSSR count). The van der Waals surface area contributed by atoms with Gasteiger partial charge in [-0.05, 0) is 38.0 Å². The highest BCUT2D eigenvalue weighted by Crippen LogP contribution is 2.20. The summed E-state index contributed by atoms with van der Waals surface area (Å²) in [6, 6.07) is 6.18. The first kappa shape index (κ1) is 14.3. The van der Waals surface area contributed by atoms with Gasteiger partial charge in [-0.15, -0.1) is 0 Å². The molecule has 1 aromatic rings. The Morgan fingerprint density at radius 1 is 1.41 bits per heavy atom. The van der Waals surface area contributed by atoms with Crippen LogP contribution < -0.4 is 5.73 Å². The Balaban J connectivity index is 2.68. The van der Waals surface area contributed by atoms with Crippen molar-refractivity contribution in [2.75, 3.05) is 18.9 Å². The van der Waals surface area contributed by atoms with Crippen LogP contribution in [-0.2, 0) is 6.54 Å². The molecule has 0 aliphatic rings. The lowest BCUT2D eigenvalue weighted by molar-refractivity contribution is 0.185. The van der Waals surface area contributed by atoms with Gasteiger partial charge in [0.15, 0.2) is 0 Å². The van der Waals surface area contributed by atoms with Crippen LogP contribution in [-0.4, -0.2) is 29.2 Å². The van der Waals surface area contributed by atoms with Gasteiger partial charge < -0.3 is 10.8 Å². The summed E-state index contributed by atoms with van der Waals surface area (Å²) in [5.74, 6) is 0.